The number of nitrogens with one attached hydrogen (secondary N) is 1. The summed E-state index contributed by atoms with van der Waals surface area (Å²) in [5.41, 5.74) is 1.73. The highest BCUT2D eigenvalue weighted by molar-refractivity contribution is 7.99. The fourth-order valence-electron chi connectivity index (χ4n) is 3.05. The van der Waals surface area contributed by atoms with Crippen molar-refractivity contribution in [1.29, 1.82) is 0 Å². The first-order valence-electron chi connectivity index (χ1n) is 9.44. The summed E-state index contributed by atoms with van der Waals surface area (Å²) < 4.78 is 18.6. The van der Waals surface area contributed by atoms with Gasteiger partial charge in [0, 0.05) is 19.3 Å². The van der Waals surface area contributed by atoms with E-state index in [1.807, 2.05) is 18.2 Å². The van der Waals surface area contributed by atoms with E-state index in [0.717, 1.165) is 55.1 Å². The van der Waals surface area contributed by atoms with E-state index in [0.29, 0.717) is 12.1 Å². The molecule has 144 valence electrons. The van der Waals surface area contributed by atoms with Crippen molar-refractivity contribution in [1.82, 2.24) is 10.3 Å². The van der Waals surface area contributed by atoms with Gasteiger partial charge in [-0.1, -0.05) is 12.1 Å². The van der Waals surface area contributed by atoms with Crippen molar-refractivity contribution in [2.24, 2.45) is 0 Å². The number of ether oxygens (including phenoxy) is 1. The first kappa shape index (κ1) is 19.8. The second-order valence-electron chi connectivity index (χ2n) is 6.63. The second kappa shape index (κ2) is 10.4. The van der Waals surface area contributed by atoms with Crippen LogP contribution < -0.4 is 5.32 Å². The number of carbonyl (C=O) groups is 1. The van der Waals surface area contributed by atoms with E-state index in [1.165, 1.54) is 12.1 Å². The monoisotopic (exact) mass is 388 g/mol. The van der Waals surface area contributed by atoms with E-state index in [2.05, 4.69) is 10.3 Å². The molecule has 1 aromatic carbocycles. The summed E-state index contributed by atoms with van der Waals surface area (Å²) in [6.45, 7) is 1.32. The van der Waals surface area contributed by atoms with Gasteiger partial charge in [-0.05, 0) is 67.7 Å². The minimum Gasteiger partial charge on any atom is -0.376 e. The van der Waals surface area contributed by atoms with Gasteiger partial charge in [-0.25, -0.2) is 9.37 Å². The highest BCUT2D eigenvalue weighted by Crippen LogP contribution is 2.22. The molecule has 0 radical (unpaired) electrons. The number of aromatic nitrogens is 1. The van der Waals surface area contributed by atoms with Crippen LogP contribution in [-0.4, -0.2) is 35.9 Å². The molecule has 1 saturated heterocycles. The minimum atomic E-state index is -0.212. The van der Waals surface area contributed by atoms with Gasteiger partial charge in [0.05, 0.1) is 11.7 Å². The molecule has 1 fully saturated rings. The van der Waals surface area contributed by atoms with Crippen LogP contribution in [-0.2, 0) is 11.2 Å². The minimum absolute atomic E-state index is 0.0988. The first-order chi connectivity index (χ1) is 13.2. The van der Waals surface area contributed by atoms with E-state index in [4.69, 9.17) is 4.74 Å². The van der Waals surface area contributed by atoms with Crippen LogP contribution in [0.5, 0.6) is 0 Å². The van der Waals surface area contributed by atoms with Gasteiger partial charge in [0.2, 0.25) is 0 Å². The van der Waals surface area contributed by atoms with E-state index in [9.17, 15) is 9.18 Å². The van der Waals surface area contributed by atoms with Gasteiger partial charge in [-0.15, -0.1) is 11.8 Å². The summed E-state index contributed by atoms with van der Waals surface area (Å²) in [4.78, 5) is 16.9. The van der Waals surface area contributed by atoms with E-state index >= 15 is 0 Å². The Morgan fingerprint density at radius 3 is 2.89 bits per heavy atom. The molecule has 1 aliphatic rings. The number of amides is 1. The standard InChI is InChI=1S/C21H25FN2O2S/c22-17-10-8-16(9-11-17)5-4-14-27-21-19(7-3-12-23-21)20(25)24-15-18-6-1-2-13-26-18/h3,7-12,18H,1-2,4-6,13-15H2,(H,24,25). The summed E-state index contributed by atoms with van der Waals surface area (Å²) >= 11 is 1.58. The zero-order valence-corrected chi connectivity index (χ0v) is 16.1. The smallest absolute Gasteiger partial charge is 0.254 e. The Morgan fingerprint density at radius 1 is 1.26 bits per heavy atom. The maximum absolute atomic E-state index is 12.9. The molecule has 2 heterocycles. The molecular formula is C21H25FN2O2S. The van der Waals surface area contributed by atoms with Gasteiger partial charge in [0.1, 0.15) is 10.8 Å². The molecule has 2 aromatic rings. The molecule has 0 aliphatic carbocycles. The van der Waals surface area contributed by atoms with Crippen LogP contribution in [0.25, 0.3) is 0 Å². The first-order valence-corrected chi connectivity index (χ1v) is 10.4. The Morgan fingerprint density at radius 2 is 2.11 bits per heavy atom. The van der Waals surface area contributed by atoms with E-state index < -0.39 is 0 Å². The Labute approximate surface area is 163 Å². The van der Waals surface area contributed by atoms with Gasteiger partial charge in [0.25, 0.3) is 5.91 Å². The average molecular weight is 389 g/mol. The predicted octanol–water partition coefficient (Wildman–Crippen LogP) is 4.24. The lowest BCUT2D eigenvalue weighted by atomic mass is 10.1. The summed E-state index contributed by atoms with van der Waals surface area (Å²) in [6.07, 6.45) is 6.90. The van der Waals surface area contributed by atoms with Crippen LogP contribution in [0, 0.1) is 5.82 Å². The topological polar surface area (TPSA) is 51.2 Å². The summed E-state index contributed by atoms with van der Waals surface area (Å²) in [6, 6.07) is 10.2. The number of halogens is 1. The van der Waals surface area contributed by atoms with Crippen LogP contribution in [0.15, 0.2) is 47.6 Å². The zero-order valence-electron chi connectivity index (χ0n) is 15.3. The molecule has 1 N–H and O–H groups in total. The molecule has 1 aromatic heterocycles. The lowest BCUT2D eigenvalue weighted by molar-refractivity contribution is 0.0168. The molecule has 1 amide bonds. The van der Waals surface area contributed by atoms with Crippen LogP contribution in [0.1, 0.15) is 41.6 Å². The molecule has 6 heteroatoms. The lowest BCUT2D eigenvalue weighted by Gasteiger charge is -2.22. The highest BCUT2D eigenvalue weighted by atomic mass is 32.2. The van der Waals surface area contributed by atoms with Crippen LogP contribution in [0.2, 0.25) is 0 Å². The Hall–Kier alpha value is -1.92. The Balaban J connectivity index is 1.47. The number of aryl methyl sites for hydroxylation is 1. The van der Waals surface area contributed by atoms with Gasteiger partial charge in [0.15, 0.2) is 0 Å². The van der Waals surface area contributed by atoms with Crippen molar-refractivity contribution < 1.29 is 13.9 Å². The average Bonchev–Trinajstić information content (AvgIpc) is 2.72. The quantitative estimate of drug-likeness (QED) is 0.543. The fourth-order valence-corrected chi connectivity index (χ4v) is 3.98. The van der Waals surface area contributed by atoms with Crippen molar-refractivity contribution in [3.8, 4) is 0 Å². The SMILES string of the molecule is O=C(NCC1CCCCO1)c1cccnc1SCCCc1ccc(F)cc1. The van der Waals surface area contributed by atoms with Crippen molar-refractivity contribution in [2.45, 2.75) is 43.2 Å². The number of hydrogen-bond acceptors (Lipinski definition) is 4. The molecule has 3 rings (SSSR count). The third-order valence-electron chi connectivity index (χ3n) is 4.54. The number of hydrogen-bond donors (Lipinski definition) is 1. The molecule has 1 unspecified atom stereocenters. The summed E-state index contributed by atoms with van der Waals surface area (Å²) in [7, 11) is 0. The number of pyridine rings is 1. The Bertz CT molecular complexity index is 733. The van der Waals surface area contributed by atoms with Gasteiger partial charge < -0.3 is 10.1 Å². The van der Waals surface area contributed by atoms with Crippen molar-refractivity contribution in [2.75, 3.05) is 18.9 Å². The van der Waals surface area contributed by atoms with Crippen LogP contribution in [0.3, 0.4) is 0 Å². The molecule has 0 spiro atoms. The normalized spacial score (nSPS) is 16.9. The summed E-state index contributed by atoms with van der Waals surface area (Å²) in [5, 5.41) is 3.73. The molecule has 0 saturated carbocycles. The van der Waals surface area contributed by atoms with E-state index in [-0.39, 0.29) is 17.8 Å². The molecule has 4 nitrogen and oxygen atoms in total. The number of rotatable bonds is 8. The van der Waals surface area contributed by atoms with Crippen LogP contribution in [0.4, 0.5) is 4.39 Å². The molecule has 0 bridgehead atoms. The fraction of sp³-hybridized carbons (Fsp3) is 0.429. The zero-order chi connectivity index (χ0) is 18.9. The van der Waals surface area contributed by atoms with Gasteiger partial charge in [-0.3, -0.25) is 4.79 Å². The largest absolute Gasteiger partial charge is 0.376 e. The van der Waals surface area contributed by atoms with Crippen molar-refractivity contribution in [3.63, 3.8) is 0 Å². The molecule has 1 aliphatic heterocycles. The van der Waals surface area contributed by atoms with Crippen molar-refractivity contribution in [3.05, 3.63) is 59.5 Å². The molecule has 27 heavy (non-hydrogen) atoms. The highest BCUT2D eigenvalue weighted by Gasteiger charge is 2.17. The number of benzene rings is 1. The van der Waals surface area contributed by atoms with Gasteiger partial charge >= 0.3 is 0 Å². The van der Waals surface area contributed by atoms with Crippen LogP contribution >= 0.6 is 11.8 Å². The molecule has 1 atom stereocenters. The predicted molar refractivity (Wildman–Crippen MR) is 106 cm³/mol. The third kappa shape index (κ3) is 6.33. The van der Waals surface area contributed by atoms with Crippen molar-refractivity contribution >= 4 is 17.7 Å². The van der Waals surface area contributed by atoms with E-state index in [1.54, 1.807) is 24.0 Å². The third-order valence-corrected chi connectivity index (χ3v) is 5.63. The number of nitrogens with zero attached hydrogens (tertiary/aromatic N) is 1. The van der Waals surface area contributed by atoms with Gasteiger partial charge in [-0.2, -0.15) is 0 Å². The molecular weight excluding hydrogens is 363 g/mol. The maximum atomic E-state index is 12.9. The summed E-state index contributed by atoms with van der Waals surface area (Å²) in [5.74, 6) is 0.537. The number of carbonyl (C=O) groups excluding carboxylic acids is 1. The second-order valence-corrected chi connectivity index (χ2v) is 7.72. The maximum Gasteiger partial charge on any atom is 0.254 e. The lowest BCUT2D eigenvalue weighted by Crippen LogP contribution is -2.35. The Kier molecular flexibility index (Phi) is 7.66. The number of thioether (sulfide) groups is 1.